The molecule has 1 saturated heterocycles. The lowest BCUT2D eigenvalue weighted by molar-refractivity contribution is -0.146. The number of ketones is 1. The minimum atomic E-state index is -1.22. The van der Waals surface area contributed by atoms with Crippen molar-refractivity contribution in [3.8, 4) is 11.5 Å². The Balaban J connectivity index is 1.47. The minimum Gasteiger partial charge on any atom is -0.496 e. The van der Waals surface area contributed by atoms with Crippen molar-refractivity contribution in [2.24, 2.45) is 0 Å². The first-order chi connectivity index (χ1) is 18.5. The van der Waals surface area contributed by atoms with Gasteiger partial charge in [-0.1, -0.05) is 78.5 Å². The molecule has 1 spiro atoms. The van der Waals surface area contributed by atoms with E-state index in [-0.39, 0.29) is 29.5 Å². The molecule has 1 heterocycles. The molecule has 2 aliphatic rings. The fourth-order valence-electron chi connectivity index (χ4n) is 5.01. The zero-order valence-electron chi connectivity index (χ0n) is 21.4. The Morgan fingerprint density at radius 2 is 1.37 bits per heavy atom. The SMILES string of the molecule is COc1ccccc1C[C@@H]1OC2(C=CC(=O)CC2SC(=O)c2ccccc2)O[C@H]1Cc1ccccc1OC. The van der Waals surface area contributed by atoms with E-state index < -0.39 is 11.0 Å². The van der Waals surface area contributed by atoms with Gasteiger partial charge in [0.2, 0.25) is 10.9 Å². The summed E-state index contributed by atoms with van der Waals surface area (Å²) in [7, 11) is 3.30. The van der Waals surface area contributed by atoms with Crippen LogP contribution in [0.15, 0.2) is 91.0 Å². The highest BCUT2D eigenvalue weighted by Crippen LogP contribution is 2.45. The second-order valence-corrected chi connectivity index (χ2v) is 10.5. The predicted octanol–water partition coefficient (Wildman–Crippen LogP) is 5.44. The van der Waals surface area contributed by atoms with Gasteiger partial charge in [0.25, 0.3) is 0 Å². The summed E-state index contributed by atoms with van der Waals surface area (Å²) in [5.41, 5.74) is 2.56. The van der Waals surface area contributed by atoms with Gasteiger partial charge in [-0.05, 0) is 35.4 Å². The van der Waals surface area contributed by atoms with Crippen molar-refractivity contribution in [1.29, 1.82) is 0 Å². The highest BCUT2D eigenvalue weighted by atomic mass is 32.2. The number of carbonyl (C=O) groups excluding carboxylic acids is 2. The van der Waals surface area contributed by atoms with Gasteiger partial charge >= 0.3 is 0 Å². The molecule has 3 aromatic rings. The molecule has 196 valence electrons. The third-order valence-corrected chi connectivity index (χ3v) is 8.14. The van der Waals surface area contributed by atoms with Gasteiger partial charge in [0.1, 0.15) is 11.5 Å². The van der Waals surface area contributed by atoms with E-state index in [9.17, 15) is 9.59 Å². The molecule has 7 heteroatoms. The van der Waals surface area contributed by atoms with Crippen LogP contribution in [0, 0.1) is 0 Å². The van der Waals surface area contributed by atoms with Crippen LogP contribution in [-0.4, -0.2) is 48.4 Å². The van der Waals surface area contributed by atoms with Gasteiger partial charge in [-0.3, -0.25) is 9.59 Å². The van der Waals surface area contributed by atoms with E-state index in [1.165, 1.54) is 6.08 Å². The summed E-state index contributed by atoms with van der Waals surface area (Å²) >= 11 is 1.10. The Kier molecular flexibility index (Phi) is 7.98. The standard InChI is InChI=1S/C31H30O6S/c1-34-25-14-8-6-12-22(25)18-27-28(19-23-13-7-9-15-26(23)35-2)37-31(36-27)17-16-24(32)20-29(31)38-30(33)21-10-4-3-5-11-21/h3-17,27-29H,18-20H2,1-2H3/t27-,28-,29?/m0/s1. The quantitative estimate of drug-likeness (QED) is 0.384. The largest absolute Gasteiger partial charge is 0.496 e. The van der Waals surface area contributed by atoms with Gasteiger partial charge in [0.15, 0.2) is 5.78 Å². The molecule has 0 amide bonds. The monoisotopic (exact) mass is 530 g/mol. The summed E-state index contributed by atoms with van der Waals surface area (Å²) in [5, 5.41) is -0.657. The minimum absolute atomic E-state index is 0.0596. The Labute approximate surface area is 226 Å². The van der Waals surface area contributed by atoms with E-state index in [1.807, 2.05) is 66.7 Å². The smallest absolute Gasteiger partial charge is 0.219 e. The maximum absolute atomic E-state index is 13.2. The summed E-state index contributed by atoms with van der Waals surface area (Å²) < 4.78 is 24.6. The van der Waals surface area contributed by atoms with Gasteiger partial charge in [0.05, 0.1) is 31.7 Å². The highest BCUT2D eigenvalue weighted by Gasteiger charge is 2.53. The third kappa shape index (κ3) is 5.55. The molecule has 3 atom stereocenters. The van der Waals surface area contributed by atoms with Crippen LogP contribution in [0.5, 0.6) is 11.5 Å². The molecule has 1 aliphatic carbocycles. The molecule has 3 aromatic carbocycles. The van der Waals surface area contributed by atoms with Gasteiger partial charge in [-0.25, -0.2) is 0 Å². The molecular formula is C31H30O6S. The number of ether oxygens (including phenoxy) is 4. The van der Waals surface area contributed by atoms with Gasteiger partial charge in [0, 0.05) is 24.8 Å². The number of para-hydroxylation sites is 2. The van der Waals surface area contributed by atoms with Crippen LogP contribution in [-0.2, 0) is 27.1 Å². The Morgan fingerprint density at radius 3 is 1.92 bits per heavy atom. The summed E-state index contributed by atoms with van der Waals surface area (Å²) in [6.07, 6.45) is 3.70. The molecule has 1 fully saturated rings. The highest BCUT2D eigenvalue weighted by molar-refractivity contribution is 8.14. The molecule has 0 radical (unpaired) electrons. The number of carbonyl (C=O) groups is 2. The van der Waals surface area contributed by atoms with Gasteiger partial charge in [-0.15, -0.1) is 0 Å². The second kappa shape index (κ2) is 11.6. The van der Waals surface area contributed by atoms with Crippen LogP contribution in [0.4, 0.5) is 0 Å². The van der Waals surface area contributed by atoms with Crippen molar-refractivity contribution in [3.05, 3.63) is 108 Å². The maximum Gasteiger partial charge on any atom is 0.219 e. The number of thioether (sulfide) groups is 1. The van der Waals surface area contributed by atoms with Crippen molar-refractivity contribution < 1.29 is 28.5 Å². The van der Waals surface area contributed by atoms with E-state index >= 15 is 0 Å². The van der Waals surface area contributed by atoms with Gasteiger partial charge in [-0.2, -0.15) is 0 Å². The summed E-state index contributed by atoms with van der Waals surface area (Å²) in [5.74, 6) is 0.262. The van der Waals surface area contributed by atoms with Crippen molar-refractivity contribution in [2.45, 2.75) is 42.5 Å². The Morgan fingerprint density at radius 1 is 0.842 bits per heavy atom. The average Bonchev–Trinajstić information content (AvgIpc) is 3.29. The van der Waals surface area contributed by atoms with Crippen LogP contribution in [0.3, 0.4) is 0 Å². The normalized spacial score (nSPS) is 21.9. The van der Waals surface area contributed by atoms with Crippen molar-refractivity contribution in [3.63, 3.8) is 0 Å². The van der Waals surface area contributed by atoms with E-state index in [0.717, 1.165) is 34.4 Å². The second-order valence-electron chi connectivity index (χ2n) is 9.33. The van der Waals surface area contributed by atoms with Crippen LogP contribution < -0.4 is 9.47 Å². The van der Waals surface area contributed by atoms with Gasteiger partial charge < -0.3 is 18.9 Å². The van der Waals surface area contributed by atoms with E-state index in [0.29, 0.717) is 18.4 Å². The molecule has 0 aromatic heterocycles. The fourth-order valence-corrected chi connectivity index (χ4v) is 6.14. The fraction of sp³-hybridized carbons (Fsp3) is 0.290. The summed E-state index contributed by atoms with van der Waals surface area (Å²) in [6, 6.07) is 24.7. The first-order valence-corrected chi connectivity index (χ1v) is 13.5. The number of methoxy groups -OCH3 is 2. The Bertz CT molecular complexity index is 1260. The number of benzene rings is 3. The summed E-state index contributed by atoms with van der Waals surface area (Å²) in [6.45, 7) is 0. The average molecular weight is 531 g/mol. The molecule has 0 saturated carbocycles. The van der Waals surface area contributed by atoms with Crippen molar-refractivity contribution in [2.75, 3.05) is 14.2 Å². The van der Waals surface area contributed by atoms with Crippen LogP contribution in [0.1, 0.15) is 27.9 Å². The van der Waals surface area contributed by atoms with E-state index in [2.05, 4.69) is 0 Å². The predicted molar refractivity (Wildman–Crippen MR) is 147 cm³/mol. The topological polar surface area (TPSA) is 71.1 Å². The first-order valence-electron chi connectivity index (χ1n) is 12.6. The van der Waals surface area contributed by atoms with Crippen molar-refractivity contribution in [1.82, 2.24) is 0 Å². The molecule has 0 N–H and O–H groups in total. The lowest BCUT2D eigenvalue weighted by atomic mass is 9.97. The zero-order chi connectivity index (χ0) is 26.5. The zero-order valence-corrected chi connectivity index (χ0v) is 22.2. The van der Waals surface area contributed by atoms with E-state index in [4.69, 9.17) is 18.9 Å². The molecule has 38 heavy (non-hydrogen) atoms. The van der Waals surface area contributed by atoms with Crippen LogP contribution in [0.25, 0.3) is 0 Å². The number of hydrogen-bond acceptors (Lipinski definition) is 7. The molecule has 6 nitrogen and oxygen atoms in total. The molecule has 1 aliphatic heterocycles. The molecule has 1 unspecified atom stereocenters. The molecule has 5 rings (SSSR count). The number of allylic oxidation sites excluding steroid dienone is 1. The van der Waals surface area contributed by atoms with Crippen molar-refractivity contribution >= 4 is 22.7 Å². The summed E-state index contributed by atoms with van der Waals surface area (Å²) in [4.78, 5) is 25.6. The van der Waals surface area contributed by atoms with Crippen LogP contribution >= 0.6 is 11.8 Å². The number of hydrogen-bond donors (Lipinski definition) is 0. The molecule has 0 bridgehead atoms. The van der Waals surface area contributed by atoms with Crippen LogP contribution in [0.2, 0.25) is 0 Å². The lowest BCUT2D eigenvalue weighted by Gasteiger charge is -2.34. The maximum atomic E-state index is 13.2. The third-order valence-electron chi connectivity index (χ3n) is 6.91. The molecular weight excluding hydrogens is 500 g/mol. The van der Waals surface area contributed by atoms with E-state index in [1.54, 1.807) is 32.4 Å². The number of rotatable bonds is 8. The lowest BCUT2D eigenvalue weighted by Crippen LogP contribution is -2.45. The first kappa shape index (κ1) is 26.2. The Hall–Kier alpha value is -3.39.